The molecule has 1 aliphatic heterocycles. The fraction of sp³-hybridized carbons (Fsp3) is 0.500. The van der Waals surface area contributed by atoms with Crippen molar-refractivity contribution < 1.29 is 9.59 Å². The van der Waals surface area contributed by atoms with Crippen LogP contribution in [0.5, 0.6) is 0 Å². The van der Waals surface area contributed by atoms with Gasteiger partial charge in [0.05, 0.1) is 0 Å². The molecule has 1 N–H and O–H groups in total. The van der Waals surface area contributed by atoms with E-state index in [0.29, 0.717) is 13.1 Å². The van der Waals surface area contributed by atoms with E-state index < -0.39 is 11.8 Å². The number of anilines is 1. The first kappa shape index (κ1) is 15.5. The molecule has 2 amide bonds. The molecule has 1 saturated heterocycles. The molecule has 0 radical (unpaired) electrons. The Morgan fingerprint density at radius 3 is 2.05 bits per heavy atom. The third-order valence-electron chi connectivity index (χ3n) is 3.90. The third-order valence-corrected chi connectivity index (χ3v) is 3.90. The highest BCUT2D eigenvalue weighted by Crippen LogP contribution is 2.22. The molecular formula is C16H23N3O2. The normalized spacial score (nSPS) is 15.9. The molecule has 1 fully saturated rings. The van der Waals surface area contributed by atoms with Crippen molar-refractivity contribution in [3.8, 4) is 0 Å². The topological polar surface area (TPSA) is 52.7 Å². The van der Waals surface area contributed by atoms with Gasteiger partial charge in [0.1, 0.15) is 0 Å². The lowest BCUT2D eigenvalue weighted by Crippen LogP contribution is -2.50. The van der Waals surface area contributed by atoms with Crippen LogP contribution in [0.2, 0.25) is 0 Å². The SMILES string of the molecule is Cc1cc(C)c(NC(=O)C(=O)N2CCN(C)CC2)c(C)c1. The Labute approximate surface area is 125 Å². The van der Waals surface area contributed by atoms with E-state index in [2.05, 4.69) is 10.2 Å². The van der Waals surface area contributed by atoms with E-state index in [0.717, 1.165) is 35.5 Å². The van der Waals surface area contributed by atoms with Crippen LogP contribution in [0.3, 0.4) is 0 Å². The number of rotatable bonds is 1. The first-order valence-electron chi connectivity index (χ1n) is 7.25. The van der Waals surface area contributed by atoms with Crippen molar-refractivity contribution in [2.75, 3.05) is 38.5 Å². The van der Waals surface area contributed by atoms with Gasteiger partial charge in [-0.05, 0) is 38.9 Å². The largest absolute Gasteiger partial charge is 0.332 e. The molecule has 0 saturated carbocycles. The fourth-order valence-electron chi connectivity index (χ4n) is 2.70. The first-order chi connectivity index (χ1) is 9.88. The molecule has 5 heteroatoms. The summed E-state index contributed by atoms with van der Waals surface area (Å²) >= 11 is 0. The van der Waals surface area contributed by atoms with Crippen LogP contribution in [0.4, 0.5) is 5.69 Å². The number of carbonyl (C=O) groups is 2. The van der Waals surface area contributed by atoms with Gasteiger partial charge >= 0.3 is 11.8 Å². The highest BCUT2D eigenvalue weighted by Gasteiger charge is 2.25. The quantitative estimate of drug-likeness (QED) is 0.794. The zero-order chi connectivity index (χ0) is 15.6. The summed E-state index contributed by atoms with van der Waals surface area (Å²) in [5, 5.41) is 2.77. The Kier molecular flexibility index (Phi) is 4.63. The molecule has 0 atom stereocenters. The summed E-state index contributed by atoms with van der Waals surface area (Å²) in [6.45, 7) is 8.72. The second-order valence-electron chi connectivity index (χ2n) is 5.82. The van der Waals surface area contributed by atoms with Crippen molar-refractivity contribution in [2.45, 2.75) is 20.8 Å². The molecule has 0 spiro atoms. The molecule has 114 valence electrons. The summed E-state index contributed by atoms with van der Waals surface area (Å²) in [5.41, 5.74) is 3.85. The summed E-state index contributed by atoms with van der Waals surface area (Å²) in [7, 11) is 2.01. The predicted octanol–water partition coefficient (Wildman–Crippen LogP) is 1.32. The number of benzene rings is 1. The Morgan fingerprint density at radius 1 is 1.00 bits per heavy atom. The predicted molar refractivity (Wildman–Crippen MR) is 83.4 cm³/mol. The maximum absolute atomic E-state index is 12.2. The van der Waals surface area contributed by atoms with Gasteiger partial charge in [-0.15, -0.1) is 0 Å². The highest BCUT2D eigenvalue weighted by molar-refractivity contribution is 6.39. The van der Waals surface area contributed by atoms with Crippen molar-refractivity contribution in [3.63, 3.8) is 0 Å². The van der Waals surface area contributed by atoms with Crippen LogP contribution in [0, 0.1) is 20.8 Å². The van der Waals surface area contributed by atoms with Crippen molar-refractivity contribution in [2.24, 2.45) is 0 Å². The average molecular weight is 289 g/mol. The number of nitrogens with zero attached hydrogens (tertiary/aromatic N) is 2. The van der Waals surface area contributed by atoms with Crippen LogP contribution >= 0.6 is 0 Å². The zero-order valence-electron chi connectivity index (χ0n) is 13.2. The minimum absolute atomic E-state index is 0.442. The van der Waals surface area contributed by atoms with Gasteiger partial charge in [-0.2, -0.15) is 0 Å². The van der Waals surface area contributed by atoms with Crippen molar-refractivity contribution in [1.82, 2.24) is 9.80 Å². The molecule has 1 aromatic carbocycles. The molecule has 1 aliphatic rings. The van der Waals surface area contributed by atoms with Gasteiger partial charge in [0.2, 0.25) is 0 Å². The van der Waals surface area contributed by atoms with Gasteiger partial charge in [-0.3, -0.25) is 9.59 Å². The van der Waals surface area contributed by atoms with E-state index in [-0.39, 0.29) is 0 Å². The van der Waals surface area contributed by atoms with E-state index in [4.69, 9.17) is 0 Å². The van der Waals surface area contributed by atoms with Gasteiger partial charge in [-0.25, -0.2) is 0 Å². The number of carbonyl (C=O) groups excluding carboxylic acids is 2. The van der Waals surface area contributed by atoms with E-state index in [1.165, 1.54) is 0 Å². The summed E-state index contributed by atoms with van der Waals surface area (Å²) in [6, 6.07) is 4.01. The zero-order valence-corrected chi connectivity index (χ0v) is 13.2. The Balaban J connectivity index is 2.06. The first-order valence-corrected chi connectivity index (χ1v) is 7.25. The van der Waals surface area contributed by atoms with E-state index >= 15 is 0 Å². The fourth-order valence-corrected chi connectivity index (χ4v) is 2.70. The maximum Gasteiger partial charge on any atom is 0.313 e. The van der Waals surface area contributed by atoms with Crippen LogP contribution in [0.1, 0.15) is 16.7 Å². The van der Waals surface area contributed by atoms with Crippen LogP contribution < -0.4 is 5.32 Å². The van der Waals surface area contributed by atoms with E-state index in [1.807, 2.05) is 40.0 Å². The van der Waals surface area contributed by atoms with Gasteiger partial charge in [0.25, 0.3) is 0 Å². The van der Waals surface area contributed by atoms with E-state index in [1.54, 1.807) is 4.90 Å². The molecule has 1 heterocycles. The van der Waals surface area contributed by atoms with Gasteiger partial charge in [0, 0.05) is 31.9 Å². The second-order valence-corrected chi connectivity index (χ2v) is 5.82. The number of piperazine rings is 1. The molecule has 21 heavy (non-hydrogen) atoms. The number of likely N-dealkylation sites (N-methyl/N-ethyl adjacent to an activating group) is 1. The minimum Gasteiger partial charge on any atom is -0.332 e. The number of aryl methyl sites for hydroxylation is 3. The highest BCUT2D eigenvalue weighted by atomic mass is 16.2. The van der Waals surface area contributed by atoms with Gasteiger partial charge < -0.3 is 15.1 Å². The van der Waals surface area contributed by atoms with Crippen LogP contribution in [0.15, 0.2) is 12.1 Å². The molecule has 2 rings (SSSR count). The van der Waals surface area contributed by atoms with Crippen LogP contribution in [-0.2, 0) is 9.59 Å². The monoisotopic (exact) mass is 289 g/mol. The molecule has 0 unspecified atom stereocenters. The molecule has 1 aromatic rings. The third kappa shape index (κ3) is 3.61. The summed E-state index contributed by atoms with van der Waals surface area (Å²) in [4.78, 5) is 28.1. The molecule has 0 aromatic heterocycles. The summed E-state index contributed by atoms with van der Waals surface area (Å²) < 4.78 is 0. The van der Waals surface area contributed by atoms with Crippen molar-refractivity contribution in [1.29, 1.82) is 0 Å². The van der Waals surface area contributed by atoms with Crippen LogP contribution in [-0.4, -0.2) is 54.8 Å². The Hall–Kier alpha value is -1.88. The lowest BCUT2D eigenvalue weighted by atomic mass is 10.1. The number of amides is 2. The maximum atomic E-state index is 12.2. The lowest BCUT2D eigenvalue weighted by molar-refractivity contribution is -0.144. The van der Waals surface area contributed by atoms with Gasteiger partial charge in [0.15, 0.2) is 0 Å². The molecule has 5 nitrogen and oxygen atoms in total. The molecule has 0 bridgehead atoms. The average Bonchev–Trinajstić information content (AvgIpc) is 2.42. The smallest absolute Gasteiger partial charge is 0.313 e. The van der Waals surface area contributed by atoms with Crippen LogP contribution in [0.25, 0.3) is 0 Å². The number of nitrogens with one attached hydrogen (secondary N) is 1. The lowest BCUT2D eigenvalue weighted by Gasteiger charge is -2.31. The second kappa shape index (κ2) is 6.26. The summed E-state index contributed by atoms with van der Waals surface area (Å²) in [5.74, 6) is -0.989. The Morgan fingerprint density at radius 2 is 1.52 bits per heavy atom. The number of hydrogen-bond acceptors (Lipinski definition) is 3. The standard InChI is InChI=1S/C16H23N3O2/c1-11-9-12(2)14(13(3)10-11)17-15(20)16(21)19-7-5-18(4)6-8-19/h9-10H,5-8H2,1-4H3,(H,17,20). The van der Waals surface area contributed by atoms with Gasteiger partial charge in [-0.1, -0.05) is 17.7 Å². The molecular weight excluding hydrogens is 266 g/mol. The summed E-state index contributed by atoms with van der Waals surface area (Å²) in [6.07, 6.45) is 0. The minimum atomic E-state index is -0.547. The number of hydrogen-bond donors (Lipinski definition) is 1. The molecule has 0 aliphatic carbocycles. The van der Waals surface area contributed by atoms with E-state index in [9.17, 15) is 9.59 Å². The van der Waals surface area contributed by atoms with Crippen molar-refractivity contribution in [3.05, 3.63) is 28.8 Å². The Bertz CT molecular complexity index is 538. The van der Waals surface area contributed by atoms with Crippen molar-refractivity contribution >= 4 is 17.5 Å².